The number of aromatic amines is 1. The van der Waals surface area contributed by atoms with Crippen LogP contribution < -0.4 is 5.32 Å². The van der Waals surface area contributed by atoms with Gasteiger partial charge in [-0.25, -0.2) is 14.5 Å². The van der Waals surface area contributed by atoms with Gasteiger partial charge in [-0.05, 0) is 38.5 Å². The van der Waals surface area contributed by atoms with Gasteiger partial charge in [0.05, 0.1) is 17.2 Å². The van der Waals surface area contributed by atoms with Gasteiger partial charge in [0.15, 0.2) is 11.0 Å². The van der Waals surface area contributed by atoms with Crippen LogP contribution in [0.2, 0.25) is 5.02 Å². The van der Waals surface area contributed by atoms with E-state index in [0.717, 1.165) is 18.2 Å². The van der Waals surface area contributed by atoms with E-state index in [4.69, 9.17) is 21.7 Å². The molecule has 3 rings (SSSR count). The van der Waals surface area contributed by atoms with Gasteiger partial charge >= 0.3 is 5.97 Å². The summed E-state index contributed by atoms with van der Waals surface area (Å²) in [5.41, 5.74) is 1.11. The van der Waals surface area contributed by atoms with Gasteiger partial charge in [0.2, 0.25) is 0 Å². The molecule has 0 radical (unpaired) electrons. The van der Waals surface area contributed by atoms with E-state index in [1.807, 2.05) is 13.0 Å². The van der Waals surface area contributed by atoms with Crippen molar-refractivity contribution >= 4 is 46.0 Å². The molecule has 37 heavy (non-hydrogen) atoms. The molecule has 1 fully saturated rings. The number of nitriles is 1. The van der Waals surface area contributed by atoms with Gasteiger partial charge in [-0.3, -0.25) is 10.2 Å². The van der Waals surface area contributed by atoms with Crippen LogP contribution in [0.15, 0.2) is 11.2 Å². The number of likely N-dealkylation sites (tertiary alicyclic amines) is 1. The molecule has 0 spiro atoms. The summed E-state index contributed by atoms with van der Waals surface area (Å²) in [6, 6.07) is 1.59. The first kappa shape index (κ1) is 28.2. The summed E-state index contributed by atoms with van der Waals surface area (Å²) in [4.78, 5) is 33.7. The molecule has 0 unspecified atom stereocenters. The van der Waals surface area contributed by atoms with Crippen molar-refractivity contribution in [2.24, 2.45) is 7.05 Å². The Labute approximate surface area is 223 Å². The van der Waals surface area contributed by atoms with Crippen LogP contribution in [0, 0.1) is 23.7 Å². The summed E-state index contributed by atoms with van der Waals surface area (Å²) < 4.78 is 7.48. The van der Waals surface area contributed by atoms with Crippen molar-refractivity contribution in [3.05, 3.63) is 39.0 Å². The topological polar surface area (TPSA) is 173 Å². The number of aryl methyl sites for hydroxylation is 2. The quantitative estimate of drug-likeness (QED) is 0.220. The number of carbonyl (C=O) groups is 2. The van der Waals surface area contributed by atoms with Gasteiger partial charge in [-0.2, -0.15) is 10.4 Å². The number of carboxylic acids is 1. The molecule has 12 nitrogen and oxygen atoms in total. The van der Waals surface area contributed by atoms with E-state index in [2.05, 4.69) is 20.4 Å². The third-order valence-corrected chi connectivity index (χ3v) is 7.54. The van der Waals surface area contributed by atoms with Crippen LogP contribution in [0.5, 0.6) is 0 Å². The Morgan fingerprint density at radius 2 is 2.22 bits per heavy atom. The number of rotatable bonds is 8. The zero-order valence-electron chi connectivity index (χ0n) is 21.0. The highest BCUT2D eigenvalue weighted by Gasteiger charge is 2.34. The van der Waals surface area contributed by atoms with E-state index in [1.54, 1.807) is 25.8 Å². The average Bonchev–Trinajstić information content (AvgIpc) is 3.43. The Balaban J connectivity index is 1.75. The first-order chi connectivity index (χ1) is 17.6. The highest BCUT2D eigenvalue weighted by Crippen LogP contribution is 2.29. The van der Waals surface area contributed by atoms with Crippen molar-refractivity contribution in [2.45, 2.75) is 45.8 Å². The molecular formula is C23H29ClN8O4S. The maximum absolute atomic E-state index is 13.0. The molecule has 2 atom stereocenters. The van der Waals surface area contributed by atoms with Crippen LogP contribution in [0.4, 0.5) is 0 Å². The third kappa shape index (κ3) is 6.33. The van der Waals surface area contributed by atoms with Gasteiger partial charge in [0.25, 0.3) is 5.91 Å². The van der Waals surface area contributed by atoms with Crippen LogP contribution in [0.1, 0.15) is 54.3 Å². The summed E-state index contributed by atoms with van der Waals surface area (Å²) >= 11 is 6.97. The Kier molecular flexibility index (Phi) is 9.36. The fraction of sp³-hybridized carbons (Fsp3) is 0.478. The minimum absolute atomic E-state index is 0.0226. The number of nitrogens with one attached hydrogen (secondary N) is 3. The molecule has 14 heteroatoms. The molecule has 3 heterocycles. The molecular weight excluding hydrogens is 520 g/mol. The number of allylic oxidation sites excluding steroid dienone is 1. The average molecular weight is 549 g/mol. The predicted octanol–water partition coefficient (Wildman–Crippen LogP) is 2.76. The predicted molar refractivity (Wildman–Crippen MR) is 139 cm³/mol. The number of halogens is 1. The minimum Gasteiger partial charge on any atom is -0.477 e. The molecule has 1 aliphatic rings. The van der Waals surface area contributed by atoms with Crippen molar-refractivity contribution in [1.29, 1.82) is 10.7 Å². The highest BCUT2D eigenvalue weighted by atomic mass is 35.5. The monoisotopic (exact) mass is 548 g/mol. The number of ether oxygens (including phenoxy) is 1. The van der Waals surface area contributed by atoms with E-state index in [1.165, 1.54) is 11.0 Å². The van der Waals surface area contributed by atoms with Crippen LogP contribution in [-0.2, 0) is 16.6 Å². The Bertz CT molecular complexity index is 1260. The molecule has 0 aromatic carbocycles. The molecule has 2 aromatic heterocycles. The van der Waals surface area contributed by atoms with Crippen LogP contribution in [0.3, 0.4) is 0 Å². The van der Waals surface area contributed by atoms with Crippen LogP contribution in [-0.4, -0.2) is 78.6 Å². The molecule has 1 aliphatic heterocycles. The second-order valence-corrected chi connectivity index (χ2v) is 9.90. The fourth-order valence-corrected chi connectivity index (χ4v) is 5.01. The van der Waals surface area contributed by atoms with Crippen molar-refractivity contribution in [3.8, 4) is 6.07 Å². The number of aromatic nitrogens is 4. The number of carboxylic acid groups (broad SMARTS) is 1. The summed E-state index contributed by atoms with van der Waals surface area (Å²) in [5.74, 6) is -1.22. The van der Waals surface area contributed by atoms with Gasteiger partial charge in [0.1, 0.15) is 28.6 Å². The number of nitrogens with zero attached hydrogens (tertiary/aromatic N) is 5. The number of amidine groups is 1. The smallest absolute Gasteiger partial charge is 0.343 e. The van der Waals surface area contributed by atoms with Gasteiger partial charge in [0, 0.05) is 38.0 Å². The molecule has 0 bridgehead atoms. The van der Waals surface area contributed by atoms with E-state index < -0.39 is 18.0 Å². The van der Waals surface area contributed by atoms with E-state index in [-0.39, 0.29) is 38.9 Å². The van der Waals surface area contributed by atoms with Crippen LogP contribution >= 0.6 is 23.4 Å². The standard InChI is InChI=1S/C23H29ClN8O4S/c1-5-8-36-16-10-32(23(26)37-19(22(34)35)12(2)20-27-11-28-31(20)4)7-6-15(16)30-21(33)18-14(9-25)17(24)13(3)29-18/h11,15-16,26,29H,5-8,10H2,1-4H3,(H,30,33)(H,34,35)/b19-12+,26-23?/t15-,16+/m1/s1. The maximum Gasteiger partial charge on any atom is 0.343 e. The Morgan fingerprint density at radius 3 is 2.81 bits per heavy atom. The van der Waals surface area contributed by atoms with Crippen molar-refractivity contribution in [2.75, 3.05) is 19.7 Å². The summed E-state index contributed by atoms with van der Waals surface area (Å²) in [7, 11) is 1.66. The second kappa shape index (κ2) is 12.3. The number of aliphatic carboxylic acids is 1. The lowest BCUT2D eigenvalue weighted by Crippen LogP contribution is -2.56. The molecule has 1 amide bonds. The Hall–Kier alpha value is -3.34. The highest BCUT2D eigenvalue weighted by molar-refractivity contribution is 8.17. The third-order valence-electron chi connectivity index (χ3n) is 5.93. The molecule has 198 valence electrons. The lowest BCUT2D eigenvalue weighted by Gasteiger charge is -2.39. The number of carbonyl (C=O) groups excluding carboxylic acids is 1. The van der Waals surface area contributed by atoms with E-state index in [0.29, 0.717) is 36.7 Å². The number of hydrogen-bond donors (Lipinski definition) is 4. The Morgan fingerprint density at radius 1 is 1.49 bits per heavy atom. The van der Waals surface area contributed by atoms with Crippen LogP contribution in [0.25, 0.3) is 5.57 Å². The number of hydrogen-bond acceptors (Lipinski definition) is 8. The molecule has 2 aromatic rings. The maximum atomic E-state index is 13.0. The number of thioether (sulfide) groups is 1. The summed E-state index contributed by atoms with van der Waals surface area (Å²) in [5, 5.41) is 35.0. The molecule has 0 saturated carbocycles. The molecule has 0 aliphatic carbocycles. The number of amides is 1. The lowest BCUT2D eigenvalue weighted by atomic mass is 10.0. The van der Waals surface area contributed by atoms with E-state index in [9.17, 15) is 20.0 Å². The van der Waals surface area contributed by atoms with Gasteiger partial charge < -0.3 is 25.0 Å². The first-order valence-corrected chi connectivity index (χ1v) is 12.8. The summed E-state index contributed by atoms with van der Waals surface area (Å²) in [6.45, 7) is 6.41. The first-order valence-electron chi connectivity index (χ1n) is 11.6. The molecule has 4 N–H and O–H groups in total. The fourth-order valence-electron chi connectivity index (χ4n) is 4.00. The second-order valence-electron chi connectivity index (χ2n) is 8.52. The molecule has 1 saturated heterocycles. The lowest BCUT2D eigenvalue weighted by molar-refractivity contribution is -0.131. The van der Waals surface area contributed by atoms with Gasteiger partial charge in [-0.1, -0.05) is 18.5 Å². The zero-order valence-corrected chi connectivity index (χ0v) is 22.5. The van der Waals surface area contributed by atoms with Crippen molar-refractivity contribution in [1.82, 2.24) is 30.0 Å². The normalized spacial score (nSPS) is 18.2. The minimum atomic E-state index is -1.16. The zero-order chi connectivity index (χ0) is 27.3. The number of piperidine rings is 1. The largest absolute Gasteiger partial charge is 0.477 e. The van der Waals surface area contributed by atoms with Crippen molar-refractivity contribution < 1.29 is 19.4 Å². The SMILES string of the molecule is CCCO[C@H]1CN(C(=N)S/C(C(=O)O)=C(\C)c2ncnn2C)CC[C@H]1NC(=O)c1[nH]c(C)c(Cl)c1C#N. The van der Waals surface area contributed by atoms with Crippen molar-refractivity contribution in [3.63, 3.8) is 0 Å². The summed E-state index contributed by atoms with van der Waals surface area (Å²) in [6.07, 6.45) is 2.10. The number of H-pyrrole nitrogens is 1. The van der Waals surface area contributed by atoms with Gasteiger partial charge in [-0.15, -0.1) is 0 Å². The van der Waals surface area contributed by atoms with E-state index >= 15 is 0 Å².